The topological polar surface area (TPSA) is 64.0 Å². The number of aliphatic hydroxyl groups excluding tert-OH is 2. The van der Waals surface area contributed by atoms with Crippen LogP contribution >= 0.6 is 0 Å². The van der Waals surface area contributed by atoms with Crippen molar-refractivity contribution in [3.8, 4) is 0 Å². The van der Waals surface area contributed by atoms with E-state index in [4.69, 9.17) is 0 Å². The fourth-order valence-electron chi connectivity index (χ4n) is 1.57. The van der Waals surface area contributed by atoms with Gasteiger partial charge in [0, 0.05) is 26.2 Å². The van der Waals surface area contributed by atoms with Gasteiger partial charge in [-0.15, -0.1) is 0 Å². The maximum atomic E-state index is 11.7. The monoisotopic (exact) mass is 216 g/mol. The van der Waals surface area contributed by atoms with Gasteiger partial charge in [0.1, 0.15) is 0 Å². The molecule has 1 fully saturated rings. The van der Waals surface area contributed by atoms with Gasteiger partial charge in [0.25, 0.3) is 0 Å². The molecule has 15 heavy (non-hydrogen) atoms. The van der Waals surface area contributed by atoms with Gasteiger partial charge < -0.3 is 15.1 Å². The Morgan fingerprint density at radius 3 is 2.27 bits per heavy atom. The number of carbonyl (C=O) groups excluding carboxylic acids is 1. The number of nitrogens with zero attached hydrogens (tertiary/aromatic N) is 2. The summed E-state index contributed by atoms with van der Waals surface area (Å²) in [6.07, 6.45) is -1.44. The second kappa shape index (κ2) is 4.92. The lowest BCUT2D eigenvalue weighted by Crippen LogP contribution is -2.41. The van der Waals surface area contributed by atoms with Crippen molar-refractivity contribution < 1.29 is 15.0 Å². The second-order valence-electron chi connectivity index (χ2n) is 4.43. The Balaban J connectivity index is 2.40. The minimum absolute atomic E-state index is 0.0197. The van der Waals surface area contributed by atoms with Gasteiger partial charge in [-0.05, 0) is 13.8 Å². The van der Waals surface area contributed by atoms with Crippen molar-refractivity contribution in [2.45, 2.75) is 32.1 Å². The van der Waals surface area contributed by atoms with Crippen LogP contribution in [0.3, 0.4) is 0 Å². The predicted molar refractivity (Wildman–Crippen MR) is 56.4 cm³/mol. The molecule has 1 amide bonds. The van der Waals surface area contributed by atoms with E-state index in [0.29, 0.717) is 13.1 Å². The van der Waals surface area contributed by atoms with Crippen molar-refractivity contribution in [1.29, 1.82) is 0 Å². The second-order valence-corrected chi connectivity index (χ2v) is 4.43. The fourth-order valence-corrected chi connectivity index (χ4v) is 1.57. The van der Waals surface area contributed by atoms with E-state index in [9.17, 15) is 15.0 Å². The van der Waals surface area contributed by atoms with Crippen LogP contribution in [0, 0.1) is 0 Å². The van der Waals surface area contributed by atoms with Crippen molar-refractivity contribution in [2.24, 2.45) is 0 Å². The molecule has 5 heteroatoms. The van der Waals surface area contributed by atoms with Crippen molar-refractivity contribution in [2.75, 3.05) is 26.7 Å². The van der Waals surface area contributed by atoms with Gasteiger partial charge in [-0.3, -0.25) is 9.69 Å². The molecule has 0 aromatic carbocycles. The van der Waals surface area contributed by atoms with Crippen LogP contribution in [0.5, 0.6) is 0 Å². The van der Waals surface area contributed by atoms with Crippen molar-refractivity contribution in [3.63, 3.8) is 0 Å². The summed E-state index contributed by atoms with van der Waals surface area (Å²) >= 11 is 0. The summed E-state index contributed by atoms with van der Waals surface area (Å²) in [7, 11) is 1.76. The van der Waals surface area contributed by atoms with Crippen LogP contribution in [-0.2, 0) is 4.79 Å². The predicted octanol–water partition coefficient (Wildman–Crippen LogP) is -1.11. The summed E-state index contributed by atoms with van der Waals surface area (Å²) in [6.45, 7) is 4.91. The summed E-state index contributed by atoms with van der Waals surface area (Å²) in [5.74, 6) is 0.0197. The van der Waals surface area contributed by atoms with E-state index in [1.165, 1.54) is 0 Å². The first-order chi connectivity index (χ1) is 6.91. The average Bonchev–Trinajstić information content (AvgIpc) is 2.44. The molecule has 1 aliphatic rings. The maximum absolute atomic E-state index is 11.7. The minimum atomic E-state index is -0.720. The molecule has 0 saturated carbocycles. The lowest BCUT2D eigenvalue weighted by molar-refractivity contribution is -0.132. The van der Waals surface area contributed by atoms with Crippen LogP contribution in [0.2, 0.25) is 0 Å². The molecule has 2 unspecified atom stereocenters. The molecule has 1 saturated heterocycles. The highest BCUT2D eigenvalue weighted by atomic mass is 16.3. The summed E-state index contributed by atoms with van der Waals surface area (Å²) in [5, 5.41) is 18.6. The van der Waals surface area contributed by atoms with Crippen molar-refractivity contribution in [3.05, 3.63) is 0 Å². The number of hydrogen-bond donors (Lipinski definition) is 2. The van der Waals surface area contributed by atoms with E-state index >= 15 is 0 Å². The lowest BCUT2D eigenvalue weighted by Gasteiger charge is -2.24. The zero-order valence-corrected chi connectivity index (χ0v) is 9.55. The Morgan fingerprint density at radius 1 is 1.40 bits per heavy atom. The highest BCUT2D eigenvalue weighted by molar-refractivity contribution is 5.78. The smallest absolute Gasteiger partial charge is 0.236 e. The van der Waals surface area contributed by atoms with E-state index in [1.54, 1.807) is 16.8 Å². The number of amides is 1. The largest absolute Gasteiger partial charge is 0.389 e. The molecule has 88 valence electrons. The molecule has 5 nitrogen and oxygen atoms in total. The molecule has 0 bridgehead atoms. The van der Waals surface area contributed by atoms with Gasteiger partial charge >= 0.3 is 0 Å². The van der Waals surface area contributed by atoms with Gasteiger partial charge in [0.15, 0.2) is 0 Å². The molecule has 0 radical (unpaired) electrons. The van der Waals surface area contributed by atoms with E-state index in [0.717, 1.165) is 0 Å². The summed E-state index contributed by atoms with van der Waals surface area (Å²) < 4.78 is 0. The molecule has 1 rings (SSSR count). The third kappa shape index (κ3) is 3.15. The van der Waals surface area contributed by atoms with Crippen molar-refractivity contribution in [1.82, 2.24) is 9.80 Å². The number of likely N-dealkylation sites (tertiary alicyclic amines) is 1. The number of carbonyl (C=O) groups is 1. The number of rotatable bonds is 3. The molecular formula is C10H20N2O3. The minimum Gasteiger partial charge on any atom is -0.389 e. The normalized spacial score (nSPS) is 27.3. The van der Waals surface area contributed by atoms with Gasteiger partial charge in [-0.25, -0.2) is 0 Å². The Morgan fingerprint density at radius 2 is 1.87 bits per heavy atom. The van der Waals surface area contributed by atoms with Crippen LogP contribution in [0.4, 0.5) is 0 Å². The van der Waals surface area contributed by atoms with E-state index in [1.807, 2.05) is 13.8 Å². The summed E-state index contributed by atoms with van der Waals surface area (Å²) in [5.41, 5.74) is 0. The van der Waals surface area contributed by atoms with Gasteiger partial charge in [0.2, 0.25) is 5.91 Å². The molecular weight excluding hydrogens is 196 g/mol. The Hall–Kier alpha value is -0.650. The molecule has 0 aromatic heterocycles. The quantitative estimate of drug-likeness (QED) is 0.628. The zero-order valence-electron chi connectivity index (χ0n) is 9.55. The van der Waals surface area contributed by atoms with E-state index in [2.05, 4.69) is 0 Å². The molecule has 0 aliphatic carbocycles. The zero-order chi connectivity index (χ0) is 11.6. The van der Waals surface area contributed by atoms with Gasteiger partial charge in [-0.1, -0.05) is 0 Å². The Kier molecular flexibility index (Phi) is 4.07. The highest BCUT2D eigenvalue weighted by Crippen LogP contribution is 2.10. The highest BCUT2D eigenvalue weighted by Gasteiger charge is 2.31. The standard InChI is InChI=1S/C10H20N2O3/c1-7(2)11(3)10(15)6-12-4-8(13)9(14)5-12/h7-9,13-14H,4-6H2,1-3H3. The molecule has 2 atom stereocenters. The van der Waals surface area contributed by atoms with Crippen LogP contribution in [0.1, 0.15) is 13.8 Å². The first kappa shape index (κ1) is 12.4. The average molecular weight is 216 g/mol. The molecule has 0 aromatic rings. The van der Waals surface area contributed by atoms with Crippen LogP contribution in [0.25, 0.3) is 0 Å². The van der Waals surface area contributed by atoms with Crippen molar-refractivity contribution >= 4 is 5.91 Å². The first-order valence-electron chi connectivity index (χ1n) is 5.26. The number of likely N-dealkylation sites (N-methyl/N-ethyl adjacent to an activating group) is 1. The molecule has 2 N–H and O–H groups in total. The van der Waals surface area contributed by atoms with Gasteiger partial charge in [-0.2, -0.15) is 0 Å². The third-order valence-electron chi connectivity index (χ3n) is 2.86. The SMILES string of the molecule is CC(C)N(C)C(=O)CN1CC(O)C(O)C1. The summed E-state index contributed by atoms with van der Waals surface area (Å²) in [4.78, 5) is 15.1. The number of aliphatic hydroxyl groups is 2. The summed E-state index contributed by atoms with van der Waals surface area (Å²) in [6, 6.07) is 0.176. The third-order valence-corrected chi connectivity index (χ3v) is 2.86. The number of hydrogen-bond acceptors (Lipinski definition) is 4. The van der Waals surface area contributed by atoms with E-state index < -0.39 is 12.2 Å². The van der Waals surface area contributed by atoms with Gasteiger partial charge in [0.05, 0.1) is 18.8 Å². The Labute approximate surface area is 90.3 Å². The molecule has 1 aliphatic heterocycles. The Bertz CT molecular complexity index is 223. The fraction of sp³-hybridized carbons (Fsp3) is 0.900. The van der Waals surface area contributed by atoms with Crippen LogP contribution in [-0.4, -0.2) is 70.9 Å². The number of β-amino-alcohol motifs (C(OH)–C–C–N with tert-alkyl or cyclic N) is 2. The maximum Gasteiger partial charge on any atom is 0.236 e. The van der Waals surface area contributed by atoms with Crippen LogP contribution < -0.4 is 0 Å². The van der Waals surface area contributed by atoms with Crippen LogP contribution in [0.15, 0.2) is 0 Å². The molecule has 1 heterocycles. The van der Waals surface area contributed by atoms with E-state index in [-0.39, 0.29) is 18.5 Å². The molecule has 0 spiro atoms. The lowest BCUT2D eigenvalue weighted by atomic mass is 10.3. The first-order valence-corrected chi connectivity index (χ1v) is 5.26.